The van der Waals surface area contributed by atoms with Crippen molar-refractivity contribution in [3.63, 3.8) is 0 Å². The molecule has 2 heterocycles. The van der Waals surface area contributed by atoms with Crippen LogP contribution in [0.25, 0.3) is 10.9 Å². The number of methoxy groups -OCH3 is 1. The Labute approximate surface area is 138 Å². The number of hydrogen-bond donors (Lipinski definition) is 0. The molecule has 5 heteroatoms. The Morgan fingerprint density at radius 2 is 1.96 bits per heavy atom. The summed E-state index contributed by atoms with van der Waals surface area (Å²) < 4.78 is 18.3. The van der Waals surface area contributed by atoms with E-state index in [1.807, 2.05) is 18.2 Å². The highest BCUT2D eigenvalue weighted by Gasteiger charge is 2.27. The Kier molecular flexibility index (Phi) is 3.41. The lowest BCUT2D eigenvalue weighted by Crippen LogP contribution is -2.29. The Bertz CT molecular complexity index is 938. The number of rotatable bonds is 2. The number of carbonyl (C=O) groups is 1. The summed E-state index contributed by atoms with van der Waals surface area (Å²) in [6.45, 7) is 0.575. The molecule has 3 aromatic rings. The molecule has 1 amide bonds. The largest absolute Gasteiger partial charge is 0.497 e. The van der Waals surface area contributed by atoms with Crippen LogP contribution in [0.5, 0.6) is 5.75 Å². The third-order valence-electron chi connectivity index (χ3n) is 4.28. The number of carbonyl (C=O) groups excluding carboxylic acids is 1. The molecule has 4 nitrogen and oxygen atoms in total. The number of fused-ring (bicyclic) bond motifs is 2. The van der Waals surface area contributed by atoms with Gasteiger partial charge >= 0.3 is 0 Å². The van der Waals surface area contributed by atoms with E-state index in [1.165, 1.54) is 24.3 Å². The van der Waals surface area contributed by atoms with Crippen LogP contribution in [0.3, 0.4) is 0 Å². The van der Waals surface area contributed by atoms with E-state index in [9.17, 15) is 9.18 Å². The van der Waals surface area contributed by atoms with Crippen molar-refractivity contribution < 1.29 is 13.9 Å². The van der Waals surface area contributed by atoms with Gasteiger partial charge in [0, 0.05) is 23.6 Å². The predicted octanol–water partition coefficient (Wildman–Crippen LogP) is 3.59. The minimum Gasteiger partial charge on any atom is -0.497 e. The lowest BCUT2D eigenvalue weighted by Gasteiger charge is -2.17. The van der Waals surface area contributed by atoms with E-state index in [2.05, 4.69) is 11.1 Å². The summed E-state index contributed by atoms with van der Waals surface area (Å²) in [5, 5.41) is 1.02. The first kappa shape index (κ1) is 14.6. The number of anilines is 1. The van der Waals surface area contributed by atoms with Crippen LogP contribution in [-0.2, 0) is 6.42 Å². The molecule has 4 rings (SSSR count). The molecular weight excluding hydrogens is 307 g/mol. The molecule has 0 atom stereocenters. The van der Waals surface area contributed by atoms with Gasteiger partial charge in [0.05, 0.1) is 12.6 Å². The number of hydrogen-bond acceptors (Lipinski definition) is 3. The molecule has 120 valence electrons. The quantitative estimate of drug-likeness (QED) is 0.724. The average molecular weight is 322 g/mol. The van der Waals surface area contributed by atoms with E-state index >= 15 is 0 Å². The van der Waals surface area contributed by atoms with Gasteiger partial charge in [-0.1, -0.05) is 0 Å². The van der Waals surface area contributed by atoms with Crippen LogP contribution >= 0.6 is 0 Å². The first-order valence-electron chi connectivity index (χ1n) is 7.71. The number of halogens is 1. The second-order valence-electron chi connectivity index (χ2n) is 5.74. The molecule has 0 N–H and O–H groups in total. The number of benzene rings is 2. The molecule has 0 saturated heterocycles. The van der Waals surface area contributed by atoms with Gasteiger partial charge in [-0.15, -0.1) is 0 Å². The monoisotopic (exact) mass is 322 g/mol. The average Bonchev–Trinajstić information content (AvgIpc) is 3.02. The number of pyridine rings is 1. The van der Waals surface area contributed by atoms with Crippen LogP contribution in [0, 0.1) is 5.82 Å². The third-order valence-corrected chi connectivity index (χ3v) is 4.28. The minimum absolute atomic E-state index is 0.163. The number of nitrogens with zero attached hydrogens (tertiary/aromatic N) is 2. The van der Waals surface area contributed by atoms with Gasteiger partial charge in [-0.05, 0) is 54.4 Å². The smallest absolute Gasteiger partial charge is 0.259 e. The lowest BCUT2D eigenvalue weighted by molar-refractivity contribution is 0.0988. The lowest BCUT2D eigenvalue weighted by atomic mass is 10.1. The highest BCUT2D eigenvalue weighted by atomic mass is 19.1. The van der Waals surface area contributed by atoms with Crippen LogP contribution in [0.1, 0.15) is 15.9 Å². The van der Waals surface area contributed by atoms with Gasteiger partial charge in [-0.25, -0.2) is 9.37 Å². The van der Waals surface area contributed by atoms with Gasteiger partial charge in [0.25, 0.3) is 5.91 Å². The molecule has 0 fully saturated rings. The van der Waals surface area contributed by atoms with Gasteiger partial charge in [-0.2, -0.15) is 0 Å². The standard InChI is InChI=1S/C19H15FN2O2/c1-24-16-7-4-13-10-14-8-9-22(18(14)21-17(13)11-16)19(23)12-2-5-15(20)6-3-12/h2-7,10-11H,8-9H2,1H3. The van der Waals surface area contributed by atoms with E-state index in [0.29, 0.717) is 17.9 Å². The van der Waals surface area contributed by atoms with Gasteiger partial charge in [0.15, 0.2) is 0 Å². The van der Waals surface area contributed by atoms with Crippen LogP contribution in [0.15, 0.2) is 48.5 Å². The van der Waals surface area contributed by atoms with E-state index < -0.39 is 0 Å². The Hall–Kier alpha value is -2.95. The zero-order valence-electron chi connectivity index (χ0n) is 13.1. The summed E-state index contributed by atoms with van der Waals surface area (Å²) in [6.07, 6.45) is 0.761. The van der Waals surface area contributed by atoms with Crippen LogP contribution < -0.4 is 9.64 Å². The topological polar surface area (TPSA) is 42.4 Å². The Morgan fingerprint density at radius 3 is 2.71 bits per heavy atom. The summed E-state index contributed by atoms with van der Waals surface area (Å²) in [7, 11) is 1.61. The normalized spacial score (nSPS) is 13.2. The zero-order chi connectivity index (χ0) is 16.7. The Morgan fingerprint density at radius 1 is 1.17 bits per heavy atom. The molecule has 2 aromatic carbocycles. The van der Waals surface area contributed by atoms with Crippen molar-refractivity contribution in [1.29, 1.82) is 0 Å². The van der Waals surface area contributed by atoms with Crippen molar-refractivity contribution in [3.8, 4) is 5.75 Å². The van der Waals surface area contributed by atoms with Crippen molar-refractivity contribution in [2.75, 3.05) is 18.6 Å². The van der Waals surface area contributed by atoms with Crippen molar-refractivity contribution in [1.82, 2.24) is 4.98 Å². The minimum atomic E-state index is -0.357. The summed E-state index contributed by atoms with van der Waals surface area (Å²) >= 11 is 0. The Balaban J connectivity index is 1.75. The van der Waals surface area contributed by atoms with Crippen molar-refractivity contribution in [2.24, 2.45) is 0 Å². The van der Waals surface area contributed by atoms with Crippen LogP contribution in [0.4, 0.5) is 10.2 Å². The van der Waals surface area contributed by atoms with E-state index in [-0.39, 0.29) is 11.7 Å². The van der Waals surface area contributed by atoms with E-state index in [4.69, 9.17) is 4.74 Å². The molecule has 1 aromatic heterocycles. The molecular formula is C19H15FN2O2. The van der Waals surface area contributed by atoms with Crippen molar-refractivity contribution >= 4 is 22.6 Å². The van der Waals surface area contributed by atoms with Gasteiger partial charge in [-0.3, -0.25) is 9.69 Å². The fourth-order valence-corrected chi connectivity index (χ4v) is 3.01. The third kappa shape index (κ3) is 2.38. The van der Waals surface area contributed by atoms with Gasteiger partial charge < -0.3 is 4.74 Å². The number of aromatic nitrogens is 1. The highest BCUT2D eigenvalue weighted by Crippen LogP contribution is 2.31. The number of amides is 1. The van der Waals surface area contributed by atoms with Gasteiger partial charge in [0.2, 0.25) is 0 Å². The first-order valence-corrected chi connectivity index (χ1v) is 7.71. The van der Waals surface area contributed by atoms with Crippen LogP contribution in [-0.4, -0.2) is 24.5 Å². The fraction of sp³-hybridized carbons (Fsp3) is 0.158. The molecule has 0 bridgehead atoms. The summed E-state index contributed by atoms with van der Waals surface area (Å²) in [5.41, 5.74) is 2.28. The maximum Gasteiger partial charge on any atom is 0.259 e. The van der Waals surface area contributed by atoms with Crippen molar-refractivity contribution in [3.05, 3.63) is 65.5 Å². The summed E-state index contributed by atoms with van der Waals surface area (Å²) in [6, 6.07) is 13.4. The van der Waals surface area contributed by atoms with Crippen molar-refractivity contribution in [2.45, 2.75) is 6.42 Å². The molecule has 1 aliphatic heterocycles. The highest BCUT2D eigenvalue weighted by molar-refractivity contribution is 6.07. The fourth-order valence-electron chi connectivity index (χ4n) is 3.01. The van der Waals surface area contributed by atoms with Crippen LogP contribution in [0.2, 0.25) is 0 Å². The van der Waals surface area contributed by atoms with Gasteiger partial charge in [0.1, 0.15) is 17.4 Å². The second-order valence-corrected chi connectivity index (χ2v) is 5.74. The summed E-state index contributed by atoms with van der Waals surface area (Å²) in [4.78, 5) is 19.0. The van der Waals surface area contributed by atoms with E-state index in [0.717, 1.165) is 28.6 Å². The molecule has 0 saturated carbocycles. The molecule has 0 radical (unpaired) electrons. The maximum absolute atomic E-state index is 13.1. The molecule has 1 aliphatic rings. The molecule has 0 spiro atoms. The summed E-state index contributed by atoms with van der Waals surface area (Å²) in [5.74, 6) is 0.877. The van der Waals surface area contributed by atoms with E-state index in [1.54, 1.807) is 12.0 Å². The predicted molar refractivity (Wildman–Crippen MR) is 90.1 cm³/mol. The zero-order valence-corrected chi connectivity index (χ0v) is 13.1. The SMILES string of the molecule is COc1ccc2cc3c(nc2c1)N(C(=O)c1ccc(F)cc1)CC3. The second kappa shape index (κ2) is 5.60. The first-order chi connectivity index (χ1) is 11.7. The number of ether oxygens (including phenoxy) is 1. The molecule has 0 unspecified atom stereocenters. The molecule has 0 aliphatic carbocycles. The maximum atomic E-state index is 13.1. The molecule has 24 heavy (non-hydrogen) atoms.